The van der Waals surface area contributed by atoms with E-state index in [1.165, 1.54) is 135 Å². The molecule has 0 saturated heterocycles. The first-order chi connectivity index (χ1) is 24.2. The van der Waals surface area contributed by atoms with Gasteiger partial charge in [-0.2, -0.15) is 0 Å². The molecule has 0 unspecified atom stereocenters. The molecule has 0 atom stereocenters. The molecule has 0 fully saturated rings. The zero-order valence-corrected chi connectivity index (χ0v) is 38.8. The Kier molecular flexibility index (Phi) is 50.3. The second kappa shape index (κ2) is 44.2. The summed E-state index contributed by atoms with van der Waals surface area (Å²) in [6.45, 7) is 6.73. The van der Waals surface area contributed by atoms with E-state index in [4.69, 9.17) is 0 Å². The van der Waals surface area contributed by atoms with Gasteiger partial charge in [-0.25, -0.2) is 25.3 Å². The van der Waals surface area contributed by atoms with E-state index in [2.05, 4.69) is 33.3 Å². The van der Waals surface area contributed by atoms with Crippen LogP contribution in [-0.2, 0) is 43.7 Å². The minimum absolute atomic E-state index is 0. The average molecular weight is 911 g/mol. The molecule has 0 aromatic rings. The first-order valence-corrected chi connectivity index (χ1v) is 24.0. The molecule has 0 aliphatic heterocycles. The standard InChI is InChI=1S/3C12H26O4S.In/c3*1-2-3-4-5-6-7-8-9-10-11-12-16-17(13,14)15;/h3*2-12H2,1H3,(H,13,14,15);/q;;;+3/p-3. The van der Waals surface area contributed by atoms with Gasteiger partial charge in [-0.3, -0.25) is 12.5 Å². The number of hydrogen-bond acceptors (Lipinski definition) is 12. The maximum absolute atomic E-state index is 10.1. The van der Waals surface area contributed by atoms with Crippen molar-refractivity contribution in [1.82, 2.24) is 0 Å². The summed E-state index contributed by atoms with van der Waals surface area (Å²) in [5, 5.41) is 0. The van der Waals surface area contributed by atoms with Gasteiger partial charge in [0, 0.05) is 0 Å². The van der Waals surface area contributed by atoms with Gasteiger partial charge in [-0.15, -0.1) is 0 Å². The SMILES string of the molecule is CCCCCCCCCCCCOS(=O)(=O)[O-].CCCCCCCCCCCCOS(=O)(=O)[O-].CCCCCCCCCCCCOS(=O)(=O)[O-].[In+3]. The minimum Gasteiger partial charge on any atom is -0.726 e. The van der Waals surface area contributed by atoms with Crippen molar-refractivity contribution in [2.24, 2.45) is 0 Å². The van der Waals surface area contributed by atoms with Crippen LogP contribution in [0.5, 0.6) is 0 Å². The summed E-state index contributed by atoms with van der Waals surface area (Å²) in [4.78, 5) is 0. The molecule has 0 spiro atoms. The summed E-state index contributed by atoms with van der Waals surface area (Å²) in [6.07, 6.45) is 35.1. The number of hydrogen-bond donors (Lipinski definition) is 0. The van der Waals surface area contributed by atoms with Gasteiger partial charge in [0.05, 0.1) is 19.8 Å². The number of unbranched alkanes of at least 4 members (excludes halogenated alkanes) is 27. The molecule has 0 aliphatic rings. The maximum Gasteiger partial charge on any atom is 3.00 e. The second-order valence-electron chi connectivity index (χ2n) is 13.2. The van der Waals surface area contributed by atoms with Crippen molar-refractivity contribution in [2.75, 3.05) is 19.8 Å². The van der Waals surface area contributed by atoms with Crippen LogP contribution >= 0.6 is 0 Å². The molecular formula is C36H75InO12S3. The Morgan fingerprint density at radius 2 is 0.423 bits per heavy atom. The molecule has 0 rings (SSSR count). The fourth-order valence-electron chi connectivity index (χ4n) is 5.25. The Bertz CT molecular complexity index is 883. The van der Waals surface area contributed by atoms with Crippen molar-refractivity contribution >= 4 is 57.0 Å². The molecule has 0 aromatic heterocycles. The molecule has 12 nitrogen and oxygen atoms in total. The van der Waals surface area contributed by atoms with Crippen LogP contribution in [0.2, 0.25) is 0 Å². The third-order valence-corrected chi connectivity index (χ3v) is 9.54. The normalized spacial score (nSPS) is 11.7. The molecule has 16 heteroatoms. The van der Waals surface area contributed by atoms with Crippen molar-refractivity contribution < 1.29 is 51.5 Å². The topological polar surface area (TPSA) is 199 Å². The smallest absolute Gasteiger partial charge is 0.726 e. The van der Waals surface area contributed by atoms with E-state index in [1.807, 2.05) is 0 Å². The fourth-order valence-corrected chi connectivity index (χ4v) is 6.22. The van der Waals surface area contributed by atoms with Gasteiger partial charge in [0.25, 0.3) is 0 Å². The first-order valence-electron chi connectivity index (χ1n) is 20.0. The van der Waals surface area contributed by atoms with Crippen LogP contribution in [0.4, 0.5) is 0 Å². The van der Waals surface area contributed by atoms with Crippen molar-refractivity contribution in [1.29, 1.82) is 0 Å². The van der Waals surface area contributed by atoms with E-state index in [9.17, 15) is 38.9 Å². The second-order valence-corrected chi connectivity index (χ2v) is 16.4. The predicted molar refractivity (Wildman–Crippen MR) is 208 cm³/mol. The molecule has 0 bridgehead atoms. The van der Waals surface area contributed by atoms with Crippen LogP contribution in [0.1, 0.15) is 213 Å². The zero-order valence-electron chi connectivity index (χ0n) is 33.0. The maximum atomic E-state index is 10.1. The molecule has 312 valence electrons. The van der Waals surface area contributed by atoms with Crippen LogP contribution in [0, 0.1) is 0 Å². The van der Waals surface area contributed by atoms with Crippen molar-refractivity contribution in [3.63, 3.8) is 0 Å². The molecule has 0 saturated carbocycles. The molecule has 0 amide bonds. The van der Waals surface area contributed by atoms with Gasteiger partial charge in [0.1, 0.15) is 0 Å². The van der Waals surface area contributed by atoms with Gasteiger partial charge in [-0.1, -0.05) is 194 Å². The van der Waals surface area contributed by atoms with E-state index in [-0.39, 0.29) is 45.7 Å². The van der Waals surface area contributed by atoms with Crippen LogP contribution in [-0.4, -0.2) is 84.6 Å². The molecule has 52 heavy (non-hydrogen) atoms. The van der Waals surface area contributed by atoms with Gasteiger partial charge in [0.2, 0.25) is 31.2 Å². The molecule has 0 aromatic carbocycles. The largest absolute Gasteiger partial charge is 3.00 e. The third kappa shape index (κ3) is 68.5. The van der Waals surface area contributed by atoms with Crippen LogP contribution in [0.3, 0.4) is 0 Å². The van der Waals surface area contributed by atoms with E-state index >= 15 is 0 Å². The average Bonchev–Trinajstić information content (AvgIpc) is 3.04. The number of rotatable bonds is 36. The van der Waals surface area contributed by atoms with Gasteiger partial charge >= 0.3 is 25.8 Å². The first kappa shape index (κ1) is 59.2. The van der Waals surface area contributed by atoms with Gasteiger partial charge in [-0.05, 0) is 19.3 Å². The third-order valence-electron chi connectivity index (χ3n) is 8.18. The molecule has 0 N–H and O–H groups in total. The zero-order chi connectivity index (χ0) is 39.0. The van der Waals surface area contributed by atoms with Crippen LogP contribution in [0.25, 0.3) is 0 Å². The van der Waals surface area contributed by atoms with Crippen molar-refractivity contribution in [3.05, 3.63) is 0 Å². The molecule has 0 aliphatic carbocycles. The van der Waals surface area contributed by atoms with E-state index in [1.54, 1.807) is 0 Å². The fraction of sp³-hybridized carbons (Fsp3) is 1.00. The van der Waals surface area contributed by atoms with E-state index in [0.29, 0.717) is 19.3 Å². The molecule has 0 radical (unpaired) electrons. The molecular weight excluding hydrogens is 835 g/mol. The van der Waals surface area contributed by atoms with Gasteiger partial charge < -0.3 is 13.7 Å². The summed E-state index contributed by atoms with van der Waals surface area (Å²) in [6, 6.07) is 0. The molecule has 0 heterocycles. The quantitative estimate of drug-likeness (QED) is 0.0328. The van der Waals surface area contributed by atoms with Gasteiger partial charge in [0.15, 0.2) is 0 Å². The minimum atomic E-state index is -4.48. The van der Waals surface area contributed by atoms with Crippen molar-refractivity contribution in [2.45, 2.75) is 213 Å². The Labute approximate surface area is 339 Å². The summed E-state index contributed by atoms with van der Waals surface area (Å²) < 4.78 is 103. The Morgan fingerprint density at radius 3 is 0.558 bits per heavy atom. The predicted octanol–water partition coefficient (Wildman–Crippen LogP) is 9.77. The Hall–Kier alpha value is 0.480. The van der Waals surface area contributed by atoms with E-state index in [0.717, 1.165) is 38.5 Å². The van der Waals surface area contributed by atoms with E-state index < -0.39 is 31.2 Å². The Balaban J connectivity index is -0.000000329. The van der Waals surface area contributed by atoms with Crippen LogP contribution in [0.15, 0.2) is 0 Å². The monoisotopic (exact) mass is 910 g/mol. The van der Waals surface area contributed by atoms with Crippen molar-refractivity contribution in [3.8, 4) is 0 Å². The van der Waals surface area contributed by atoms with Crippen LogP contribution < -0.4 is 0 Å². The summed E-state index contributed by atoms with van der Waals surface area (Å²) in [5.74, 6) is 0. The summed E-state index contributed by atoms with van der Waals surface area (Å²) in [5.41, 5.74) is 0. The summed E-state index contributed by atoms with van der Waals surface area (Å²) >= 11 is 0. The Morgan fingerprint density at radius 1 is 0.288 bits per heavy atom. The summed E-state index contributed by atoms with van der Waals surface area (Å²) in [7, 11) is -13.5.